The number of unbranched alkanes of at least 4 members (excludes halogenated alkanes) is 26. The molecule has 0 heterocycles. The van der Waals surface area contributed by atoms with Crippen LogP contribution in [-0.4, -0.2) is 59.3 Å². The van der Waals surface area contributed by atoms with E-state index in [0.29, 0.717) is 12.8 Å². The van der Waals surface area contributed by atoms with Crippen molar-refractivity contribution >= 4 is 23.8 Å². The summed E-state index contributed by atoms with van der Waals surface area (Å²) in [6.07, 6.45) is 60.0. The summed E-state index contributed by atoms with van der Waals surface area (Å²) in [5.74, 6) is -2.31. The third-order valence-electron chi connectivity index (χ3n) is 11.8. The van der Waals surface area contributed by atoms with Crippen molar-refractivity contribution in [3.8, 4) is 0 Å². The Kier molecular flexibility index (Phi) is 46.8. The average Bonchev–Trinajstić information content (AvgIpc) is 3.28. The highest BCUT2D eigenvalue weighted by Crippen LogP contribution is 2.19. The highest BCUT2D eigenvalue weighted by molar-refractivity contribution is 5.87. The van der Waals surface area contributed by atoms with Crippen molar-refractivity contribution in [1.29, 1.82) is 0 Å². The van der Waals surface area contributed by atoms with Gasteiger partial charge in [-0.25, -0.2) is 4.79 Å². The fourth-order valence-corrected chi connectivity index (χ4v) is 7.72. The Bertz CT molecular complexity index is 1210. The normalized spacial score (nSPS) is 12.8. The van der Waals surface area contributed by atoms with Crippen LogP contribution in [-0.2, 0) is 23.9 Å². The van der Waals surface area contributed by atoms with Crippen LogP contribution in [0.4, 0.5) is 0 Å². The van der Waals surface area contributed by atoms with E-state index in [-0.39, 0.29) is 30.9 Å². The Morgan fingerprint density at radius 3 is 1.30 bits per heavy atom. The number of carbonyl (C=O) groups excluding carboxylic acids is 3. The van der Waals surface area contributed by atoms with Crippen molar-refractivity contribution in [1.82, 2.24) is 10.6 Å². The summed E-state index contributed by atoms with van der Waals surface area (Å²) in [5.41, 5.74) is 0. The minimum absolute atomic E-state index is 0.0382. The van der Waals surface area contributed by atoms with Crippen molar-refractivity contribution in [3.63, 3.8) is 0 Å². The summed E-state index contributed by atoms with van der Waals surface area (Å²) in [6.45, 7) is 3.49. The molecule has 0 radical (unpaired) electrons. The molecule has 0 saturated carbocycles. The van der Waals surface area contributed by atoms with Gasteiger partial charge < -0.3 is 25.6 Å². The molecule has 0 aliphatic carbocycles. The van der Waals surface area contributed by atoms with Gasteiger partial charge in [0.2, 0.25) is 11.8 Å². The van der Waals surface area contributed by atoms with Crippen LogP contribution < -0.4 is 10.6 Å². The van der Waals surface area contributed by atoms with Crippen molar-refractivity contribution < 1.29 is 34.1 Å². The van der Waals surface area contributed by atoms with Gasteiger partial charge in [0.05, 0.1) is 13.2 Å². The van der Waals surface area contributed by atoms with Crippen molar-refractivity contribution in [2.24, 2.45) is 0 Å². The van der Waals surface area contributed by atoms with E-state index in [1.54, 1.807) is 0 Å². The maximum atomic E-state index is 12.9. The molecule has 0 aliphatic heterocycles. The van der Waals surface area contributed by atoms with Gasteiger partial charge in [-0.05, 0) is 103 Å². The molecule has 0 aromatic rings. The van der Waals surface area contributed by atoms with Gasteiger partial charge in [0.15, 0.2) is 0 Å². The van der Waals surface area contributed by atoms with E-state index < -0.39 is 24.5 Å². The van der Waals surface area contributed by atoms with Crippen LogP contribution in [0.15, 0.2) is 48.6 Å². The first-order valence-corrected chi connectivity index (χ1v) is 26.5. The van der Waals surface area contributed by atoms with Crippen molar-refractivity contribution in [2.45, 2.75) is 264 Å². The summed E-state index contributed by atoms with van der Waals surface area (Å²) < 4.78 is 6.06. The molecule has 9 nitrogen and oxygen atoms in total. The number of carboxylic acid groups (broad SMARTS) is 1. The zero-order chi connectivity index (χ0) is 46.8. The number of rotatable bonds is 48. The van der Waals surface area contributed by atoms with Gasteiger partial charge in [-0.3, -0.25) is 14.4 Å². The molecule has 64 heavy (non-hydrogen) atoms. The lowest BCUT2D eigenvalue weighted by molar-refractivity contribution is -0.150. The zero-order valence-electron chi connectivity index (χ0n) is 41.3. The van der Waals surface area contributed by atoms with Crippen LogP contribution in [0.3, 0.4) is 0 Å². The van der Waals surface area contributed by atoms with E-state index in [9.17, 15) is 19.2 Å². The van der Waals surface area contributed by atoms with Crippen LogP contribution in [0.2, 0.25) is 0 Å². The van der Waals surface area contributed by atoms with Gasteiger partial charge in [0.25, 0.3) is 0 Å². The van der Waals surface area contributed by atoms with Crippen LogP contribution in [0.1, 0.15) is 251 Å². The Hall–Kier alpha value is -3.20. The maximum absolute atomic E-state index is 12.9. The fourth-order valence-electron chi connectivity index (χ4n) is 7.72. The second-order valence-corrected chi connectivity index (χ2v) is 18.0. The number of amides is 2. The number of aliphatic carboxylic acids is 1. The Morgan fingerprint density at radius 1 is 0.469 bits per heavy atom. The Labute approximate surface area is 392 Å². The smallest absolute Gasteiger partial charge is 0.328 e. The van der Waals surface area contributed by atoms with Gasteiger partial charge in [-0.1, -0.05) is 184 Å². The van der Waals surface area contributed by atoms with Gasteiger partial charge in [-0.2, -0.15) is 0 Å². The molecule has 0 rings (SSSR count). The minimum Gasteiger partial charge on any atom is -0.480 e. The molecule has 0 aliphatic rings. The monoisotopic (exact) mass is 899 g/mol. The third-order valence-corrected chi connectivity index (χ3v) is 11.8. The molecule has 0 aromatic heterocycles. The van der Waals surface area contributed by atoms with E-state index in [0.717, 1.165) is 96.3 Å². The number of carboxylic acids is 1. The average molecular weight is 899 g/mol. The predicted molar refractivity (Wildman–Crippen MR) is 268 cm³/mol. The third kappa shape index (κ3) is 45.4. The Balaban J connectivity index is 4.34. The number of aliphatic hydroxyl groups is 1. The van der Waals surface area contributed by atoms with Gasteiger partial charge in [0, 0.05) is 12.8 Å². The van der Waals surface area contributed by atoms with E-state index in [1.165, 1.54) is 122 Å². The molecule has 2 atom stereocenters. The summed E-state index contributed by atoms with van der Waals surface area (Å²) in [4.78, 5) is 47.8. The van der Waals surface area contributed by atoms with Crippen molar-refractivity contribution in [3.05, 3.63) is 48.6 Å². The lowest BCUT2D eigenvalue weighted by Crippen LogP contribution is -2.47. The molecule has 0 bridgehead atoms. The van der Waals surface area contributed by atoms with Crippen LogP contribution in [0, 0.1) is 0 Å². The molecular weight excluding hydrogens is 801 g/mol. The molecule has 0 fully saturated rings. The summed E-state index contributed by atoms with van der Waals surface area (Å²) in [7, 11) is 0. The lowest BCUT2D eigenvalue weighted by atomic mass is 10.0. The molecule has 370 valence electrons. The first kappa shape index (κ1) is 60.8. The first-order valence-electron chi connectivity index (χ1n) is 26.5. The summed E-state index contributed by atoms with van der Waals surface area (Å²) >= 11 is 0. The SMILES string of the molecule is CCCCCCC/C=C\C/C=C\C/C=C\CCCCCCCCC(=O)OC(CCCCC/C=C\CCCCCCCCCC)CCCCCCCC(=O)NCC(=O)NC(CO)C(=O)O. The van der Waals surface area contributed by atoms with Crippen LogP contribution >= 0.6 is 0 Å². The molecule has 9 heteroatoms. The molecule has 4 N–H and O–H groups in total. The van der Waals surface area contributed by atoms with Gasteiger partial charge >= 0.3 is 11.9 Å². The first-order chi connectivity index (χ1) is 31.3. The minimum atomic E-state index is -1.39. The second-order valence-electron chi connectivity index (χ2n) is 18.0. The molecule has 0 aromatic carbocycles. The molecular formula is C55H98N2O7. The topological polar surface area (TPSA) is 142 Å². The van der Waals surface area contributed by atoms with E-state index in [2.05, 4.69) is 73.1 Å². The van der Waals surface area contributed by atoms with E-state index in [1.807, 2.05) is 0 Å². The summed E-state index contributed by atoms with van der Waals surface area (Å²) in [6, 6.07) is -1.39. The second kappa shape index (κ2) is 49.2. The Morgan fingerprint density at radius 2 is 0.844 bits per heavy atom. The largest absolute Gasteiger partial charge is 0.480 e. The number of allylic oxidation sites excluding steroid dienone is 8. The lowest BCUT2D eigenvalue weighted by Gasteiger charge is -2.18. The summed E-state index contributed by atoms with van der Waals surface area (Å²) in [5, 5.41) is 22.6. The number of hydrogen-bond donors (Lipinski definition) is 4. The van der Waals surface area contributed by atoms with Crippen molar-refractivity contribution in [2.75, 3.05) is 13.2 Å². The number of aliphatic hydroxyl groups excluding tert-OH is 1. The molecule has 2 unspecified atom stereocenters. The van der Waals surface area contributed by atoms with Gasteiger partial charge in [-0.15, -0.1) is 0 Å². The molecule has 0 spiro atoms. The van der Waals surface area contributed by atoms with E-state index in [4.69, 9.17) is 14.9 Å². The molecule has 0 saturated heterocycles. The molecule has 2 amide bonds. The highest BCUT2D eigenvalue weighted by atomic mass is 16.5. The number of ether oxygens (including phenoxy) is 1. The van der Waals surface area contributed by atoms with E-state index >= 15 is 0 Å². The van der Waals surface area contributed by atoms with Crippen LogP contribution in [0.25, 0.3) is 0 Å². The van der Waals surface area contributed by atoms with Gasteiger partial charge in [0.1, 0.15) is 12.1 Å². The number of esters is 1. The quantitative estimate of drug-likeness (QED) is 0.0271. The highest BCUT2D eigenvalue weighted by Gasteiger charge is 2.19. The fraction of sp³-hybridized carbons (Fsp3) is 0.782. The number of nitrogens with one attached hydrogen (secondary N) is 2. The standard InChI is InChI=1S/C55H98N2O7/c1-3-5-7-9-11-13-15-17-19-20-21-22-23-24-26-28-30-32-34-39-43-47-54(61)64-50(44-40-36-33-31-29-27-25-18-16-14-12-10-8-6-4-2)45-41-37-35-38-42-46-52(59)56-48-53(60)57-51(49-58)55(62)63/h15,17,20-21,23-24,27,29,50-51,58H,3-14,16,18-19,22,25-26,28,30-49H2,1-2H3,(H,56,59)(H,57,60)(H,62,63)/b17-15-,21-20-,24-23-,29-27-. The zero-order valence-corrected chi connectivity index (χ0v) is 41.3. The predicted octanol–water partition coefficient (Wildman–Crippen LogP) is 14.3. The number of carbonyl (C=O) groups is 4. The van der Waals surface area contributed by atoms with Crippen LogP contribution in [0.5, 0.6) is 0 Å². The number of hydrogen-bond acceptors (Lipinski definition) is 6. The maximum Gasteiger partial charge on any atom is 0.328 e.